The summed E-state index contributed by atoms with van der Waals surface area (Å²) >= 11 is 8.74. The van der Waals surface area contributed by atoms with Crippen molar-refractivity contribution in [3.05, 3.63) is 95.0 Å². The number of thiocarbonyl (C=S) groups is 1. The zero-order valence-corrected chi connectivity index (χ0v) is 22.4. The van der Waals surface area contributed by atoms with Gasteiger partial charge in [-0.15, -0.1) is 10.2 Å². The first kappa shape index (κ1) is 25.0. The number of nitrogens with zero attached hydrogens (tertiary/aromatic N) is 3. The summed E-state index contributed by atoms with van der Waals surface area (Å²) in [4.78, 5) is -0.119. The van der Waals surface area contributed by atoms with Crippen LogP contribution < -0.4 is 10.5 Å². The maximum absolute atomic E-state index is 11.9. The number of nitrogens with one attached hydrogen (secondary N) is 1. The van der Waals surface area contributed by atoms with Crippen LogP contribution in [0.1, 0.15) is 5.56 Å². The molecule has 186 valence electrons. The Balaban J connectivity index is 1.49. The molecule has 0 bridgehead atoms. The summed E-state index contributed by atoms with van der Waals surface area (Å²) in [7, 11) is -3.97. The molecule has 0 amide bonds. The Kier molecular flexibility index (Phi) is 6.78. The number of azo groups is 1. The highest BCUT2D eigenvalue weighted by Crippen LogP contribution is 2.40. The van der Waals surface area contributed by atoms with Gasteiger partial charge in [0.1, 0.15) is 4.90 Å². The highest BCUT2D eigenvalue weighted by Gasteiger charge is 2.18. The van der Waals surface area contributed by atoms with Gasteiger partial charge in [0.05, 0.1) is 17.7 Å². The lowest BCUT2D eigenvalue weighted by Crippen LogP contribution is -2.16. The van der Waals surface area contributed by atoms with Crippen molar-refractivity contribution in [1.82, 2.24) is 4.57 Å². The molecule has 11 heteroatoms. The van der Waals surface area contributed by atoms with Gasteiger partial charge in [0.25, 0.3) is 0 Å². The molecule has 0 radical (unpaired) electrons. The smallest absolute Gasteiger partial charge is 0.240 e. The lowest BCUT2D eigenvalue weighted by Gasteiger charge is -2.09. The molecule has 0 atom stereocenters. The fraction of sp³-hybridized carbons (Fsp3) is 0.0385. The number of anilines is 1. The molecule has 8 nitrogen and oxygen atoms in total. The van der Waals surface area contributed by atoms with Crippen molar-refractivity contribution in [2.24, 2.45) is 15.4 Å². The van der Waals surface area contributed by atoms with Crippen molar-refractivity contribution in [2.75, 3.05) is 5.32 Å². The zero-order valence-electron chi connectivity index (χ0n) is 19.2. The number of nitrogens with two attached hydrogens (primary N) is 1. The minimum absolute atomic E-state index is 0.0715. The Labute approximate surface area is 226 Å². The van der Waals surface area contributed by atoms with Gasteiger partial charge in [0, 0.05) is 9.86 Å². The molecule has 37 heavy (non-hydrogen) atoms. The Bertz CT molecular complexity index is 1820. The number of aromatic nitrogens is 1. The zero-order chi connectivity index (χ0) is 26.2. The molecule has 0 fully saturated rings. The third kappa shape index (κ3) is 5.25. The van der Waals surface area contributed by atoms with Gasteiger partial charge in [-0.05, 0) is 65.0 Å². The monoisotopic (exact) mass is 593 g/mol. The molecule has 0 aliphatic heterocycles. The van der Waals surface area contributed by atoms with E-state index in [2.05, 4.69) is 43.6 Å². The molecule has 0 saturated carbocycles. The van der Waals surface area contributed by atoms with Gasteiger partial charge in [-0.2, -0.15) is 0 Å². The van der Waals surface area contributed by atoms with Gasteiger partial charge in [-0.25, -0.2) is 13.6 Å². The fourth-order valence-corrected chi connectivity index (χ4v) is 5.33. The average molecular weight is 595 g/mol. The highest BCUT2D eigenvalue weighted by molar-refractivity contribution is 9.10. The Morgan fingerprint density at radius 3 is 2.51 bits per heavy atom. The molecule has 1 aromatic heterocycles. The van der Waals surface area contributed by atoms with Gasteiger partial charge in [-0.1, -0.05) is 64.5 Å². The van der Waals surface area contributed by atoms with E-state index in [9.17, 15) is 13.5 Å². The molecule has 1 heterocycles. The molecule has 4 N–H and O–H groups in total. The second-order valence-electron chi connectivity index (χ2n) is 8.27. The lowest BCUT2D eigenvalue weighted by molar-refractivity contribution is 0.429. The number of para-hydroxylation sites is 1. The molecular formula is C26H20BrN5O3S2. The number of primary sulfonamides is 1. The van der Waals surface area contributed by atoms with E-state index in [0.29, 0.717) is 11.9 Å². The van der Waals surface area contributed by atoms with E-state index in [-0.39, 0.29) is 27.3 Å². The summed E-state index contributed by atoms with van der Waals surface area (Å²) in [6, 6.07) is 25.9. The maximum Gasteiger partial charge on any atom is 0.240 e. The quantitative estimate of drug-likeness (QED) is 0.160. The molecule has 5 aromatic rings. The number of hydrogen-bond donors (Lipinski definition) is 3. The van der Waals surface area contributed by atoms with Crippen molar-refractivity contribution >= 4 is 76.3 Å². The van der Waals surface area contributed by atoms with E-state index < -0.39 is 10.0 Å². The number of benzene rings is 4. The number of halogens is 1. The third-order valence-electron chi connectivity index (χ3n) is 5.80. The normalized spacial score (nSPS) is 11.9. The van der Waals surface area contributed by atoms with E-state index >= 15 is 0 Å². The third-order valence-corrected chi connectivity index (χ3v) is 7.45. The van der Waals surface area contributed by atoms with Crippen LogP contribution in [-0.4, -0.2) is 23.2 Å². The van der Waals surface area contributed by atoms with Crippen LogP contribution in [0, 0.1) is 0 Å². The minimum Gasteiger partial charge on any atom is -0.493 e. The van der Waals surface area contributed by atoms with Gasteiger partial charge in [0.2, 0.25) is 21.0 Å². The Morgan fingerprint density at radius 1 is 1.00 bits per heavy atom. The summed E-state index contributed by atoms with van der Waals surface area (Å²) in [6.07, 6.45) is 0. The Hall–Kier alpha value is -3.64. The van der Waals surface area contributed by atoms with Crippen molar-refractivity contribution < 1.29 is 13.5 Å². The largest absolute Gasteiger partial charge is 0.493 e. The first-order valence-electron chi connectivity index (χ1n) is 11.0. The Morgan fingerprint density at radius 2 is 1.73 bits per heavy atom. The SMILES string of the molecule is NS(=O)(=O)c1ccccc1NC(=S)N=Nc1c(O)n(Cc2ccc3ccccc3c2)c2ccc(Br)cc12. The van der Waals surface area contributed by atoms with Crippen LogP contribution in [0.25, 0.3) is 21.7 Å². The molecule has 0 saturated heterocycles. The van der Waals surface area contributed by atoms with Gasteiger partial charge >= 0.3 is 0 Å². The van der Waals surface area contributed by atoms with Crippen LogP contribution in [0.5, 0.6) is 5.88 Å². The molecule has 0 spiro atoms. The summed E-state index contributed by atoms with van der Waals surface area (Å²) in [5.41, 5.74) is 2.19. The van der Waals surface area contributed by atoms with Gasteiger partial charge in [-0.3, -0.25) is 0 Å². The van der Waals surface area contributed by atoms with E-state index in [1.54, 1.807) is 16.7 Å². The molecule has 0 unspecified atom stereocenters. The predicted octanol–water partition coefficient (Wildman–Crippen LogP) is 6.44. The summed E-state index contributed by atoms with van der Waals surface area (Å²) < 4.78 is 26.3. The van der Waals surface area contributed by atoms with Crippen molar-refractivity contribution in [2.45, 2.75) is 11.4 Å². The van der Waals surface area contributed by atoms with E-state index in [1.165, 1.54) is 12.1 Å². The minimum atomic E-state index is -3.97. The molecular weight excluding hydrogens is 574 g/mol. The summed E-state index contributed by atoms with van der Waals surface area (Å²) in [6.45, 7) is 0.411. The van der Waals surface area contributed by atoms with Crippen LogP contribution >= 0.6 is 28.1 Å². The van der Waals surface area contributed by atoms with Crippen LogP contribution in [0.2, 0.25) is 0 Å². The number of rotatable bonds is 5. The van der Waals surface area contributed by atoms with E-state index in [1.807, 2.05) is 48.5 Å². The van der Waals surface area contributed by atoms with E-state index in [4.69, 9.17) is 17.4 Å². The predicted molar refractivity (Wildman–Crippen MR) is 153 cm³/mol. The van der Waals surface area contributed by atoms with Crippen LogP contribution in [0.15, 0.2) is 105 Å². The second-order valence-corrected chi connectivity index (χ2v) is 11.1. The topological polar surface area (TPSA) is 122 Å². The fourth-order valence-electron chi connectivity index (χ4n) is 4.13. The second kappa shape index (κ2) is 10.0. The van der Waals surface area contributed by atoms with Crippen LogP contribution in [0.3, 0.4) is 0 Å². The number of aromatic hydroxyl groups is 1. The molecule has 0 aliphatic rings. The van der Waals surface area contributed by atoms with Crippen LogP contribution in [-0.2, 0) is 16.6 Å². The van der Waals surface area contributed by atoms with Gasteiger partial charge in [0.15, 0.2) is 5.69 Å². The molecule has 4 aromatic carbocycles. The standard InChI is InChI=1S/C26H20BrN5O3S2/c27-19-11-12-22-20(14-19)24(30-31-26(36)29-21-7-3-4-8-23(21)37(28,34)35)25(33)32(22)15-16-9-10-17-5-1-2-6-18(17)13-16/h1-14,33H,15H2,(H,29,36)(H2,28,34,35). The summed E-state index contributed by atoms with van der Waals surface area (Å²) in [5, 5.41) is 30.3. The number of sulfonamides is 1. The first-order valence-corrected chi connectivity index (χ1v) is 13.8. The van der Waals surface area contributed by atoms with Crippen LogP contribution in [0.4, 0.5) is 11.4 Å². The first-order chi connectivity index (χ1) is 17.7. The van der Waals surface area contributed by atoms with Crippen molar-refractivity contribution in [3.8, 4) is 5.88 Å². The number of fused-ring (bicyclic) bond motifs is 2. The average Bonchev–Trinajstić information content (AvgIpc) is 3.12. The molecule has 0 aliphatic carbocycles. The van der Waals surface area contributed by atoms with Crippen molar-refractivity contribution in [1.29, 1.82) is 0 Å². The number of hydrogen-bond acceptors (Lipinski definition) is 5. The maximum atomic E-state index is 11.9. The highest BCUT2D eigenvalue weighted by atomic mass is 79.9. The lowest BCUT2D eigenvalue weighted by atomic mass is 10.1. The van der Waals surface area contributed by atoms with Crippen molar-refractivity contribution in [3.63, 3.8) is 0 Å². The van der Waals surface area contributed by atoms with E-state index in [0.717, 1.165) is 26.3 Å². The van der Waals surface area contributed by atoms with Gasteiger partial charge < -0.3 is 15.0 Å². The summed E-state index contributed by atoms with van der Waals surface area (Å²) in [5.74, 6) is -0.0715. The molecule has 5 rings (SSSR count).